The number of amides is 1. The summed E-state index contributed by atoms with van der Waals surface area (Å²) in [6.07, 6.45) is 2.19. The number of anilines is 1. The number of rotatable bonds is 5. The van der Waals surface area contributed by atoms with Gasteiger partial charge in [0.1, 0.15) is 0 Å². The van der Waals surface area contributed by atoms with Crippen molar-refractivity contribution in [2.75, 3.05) is 18.4 Å². The second-order valence-corrected chi connectivity index (χ2v) is 5.42. The molecule has 0 saturated heterocycles. The summed E-state index contributed by atoms with van der Waals surface area (Å²) in [7, 11) is 0. The van der Waals surface area contributed by atoms with Gasteiger partial charge in [-0.25, -0.2) is 0 Å². The molecule has 0 atom stereocenters. The number of benzene rings is 1. The average molecular weight is 246 g/mol. The van der Waals surface area contributed by atoms with Crippen molar-refractivity contribution in [2.45, 2.75) is 39.0 Å². The van der Waals surface area contributed by atoms with Gasteiger partial charge >= 0.3 is 0 Å². The molecule has 1 aromatic rings. The van der Waals surface area contributed by atoms with E-state index in [0.29, 0.717) is 0 Å². The summed E-state index contributed by atoms with van der Waals surface area (Å²) < 4.78 is 0. The van der Waals surface area contributed by atoms with Crippen LogP contribution in [0, 0.1) is 0 Å². The third kappa shape index (κ3) is 2.41. The van der Waals surface area contributed by atoms with Gasteiger partial charge in [-0.1, -0.05) is 19.1 Å². The van der Waals surface area contributed by atoms with Crippen molar-refractivity contribution >= 4 is 11.6 Å². The number of hydrogen-bond donors (Lipinski definition) is 2. The smallest absolute Gasteiger partial charge is 0.234 e. The number of hydrogen-bond acceptors (Lipinski definition) is 2. The van der Waals surface area contributed by atoms with E-state index in [4.69, 9.17) is 0 Å². The van der Waals surface area contributed by atoms with Crippen LogP contribution in [0.4, 0.5) is 5.69 Å². The minimum Gasteiger partial charge on any atom is -0.325 e. The van der Waals surface area contributed by atoms with Crippen molar-refractivity contribution in [3.63, 3.8) is 0 Å². The van der Waals surface area contributed by atoms with Gasteiger partial charge in [-0.05, 0) is 57.0 Å². The first kappa shape index (κ1) is 13.1. The van der Waals surface area contributed by atoms with Gasteiger partial charge in [0.2, 0.25) is 5.91 Å². The molecule has 0 bridgehead atoms. The Bertz CT molecular complexity index is 452. The Balaban J connectivity index is 2.09. The molecule has 18 heavy (non-hydrogen) atoms. The maximum absolute atomic E-state index is 11.8. The van der Waals surface area contributed by atoms with Crippen LogP contribution in [0.25, 0.3) is 0 Å². The molecular weight excluding hydrogens is 224 g/mol. The zero-order valence-electron chi connectivity index (χ0n) is 11.5. The highest BCUT2D eigenvalue weighted by Gasteiger charge is 2.38. The summed E-state index contributed by atoms with van der Waals surface area (Å²) in [5.41, 5.74) is 3.03. The van der Waals surface area contributed by atoms with Crippen LogP contribution in [0.2, 0.25) is 0 Å². The van der Waals surface area contributed by atoms with Crippen LogP contribution in [-0.4, -0.2) is 19.0 Å². The zero-order chi connectivity index (χ0) is 13.2. The second-order valence-electron chi connectivity index (χ2n) is 5.42. The van der Waals surface area contributed by atoms with Crippen molar-refractivity contribution in [1.82, 2.24) is 5.32 Å². The minimum absolute atomic E-state index is 0.0994. The van der Waals surface area contributed by atoms with Gasteiger partial charge in [-0.3, -0.25) is 4.79 Å². The van der Waals surface area contributed by atoms with Crippen LogP contribution >= 0.6 is 0 Å². The largest absolute Gasteiger partial charge is 0.325 e. The average Bonchev–Trinajstić information content (AvgIpc) is 2.57. The molecule has 0 radical (unpaired) electrons. The molecule has 98 valence electrons. The second kappa shape index (κ2) is 5.11. The molecule has 2 N–H and O–H groups in total. The minimum atomic E-state index is -0.396. The highest BCUT2D eigenvalue weighted by molar-refractivity contribution is 6.05. The number of carbonyl (C=O) groups is 1. The molecule has 0 unspecified atom stereocenters. The van der Waals surface area contributed by atoms with Crippen LogP contribution in [0.15, 0.2) is 18.2 Å². The summed E-state index contributed by atoms with van der Waals surface area (Å²) >= 11 is 0. The van der Waals surface area contributed by atoms with Crippen molar-refractivity contribution in [3.05, 3.63) is 29.3 Å². The predicted molar refractivity (Wildman–Crippen MR) is 75.0 cm³/mol. The Morgan fingerprint density at radius 2 is 2.11 bits per heavy atom. The van der Waals surface area contributed by atoms with Gasteiger partial charge in [0.25, 0.3) is 0 Å². The summed E-state index contributed by atoms with van der Waals surface area (Å²) in [5.74, 6) is 0.0994. The number of aryl methyl sites for hydroxylation is 1. The van der Waals surface area contributed by atoms with Crippen molar-refractivity contribution in [1.29, 1.82) is 0 Å². The maximum atomic E-state index is 11.8. The van der Waals surface area contributed by atoms with E-state index < -0.39 is 5.41 Å². The molecule has 1 aromatic carbocycles. The van der Waals surface area contributed by atoms with E-state index in [1.165, 1.54) is 5.56 Å². The van der Waals surface area contributed by atoms with Gasteiger partial charge < -0.3 is 10.6 Å². The highest BCUT2D eigenvalue weighted by atomic mass is 16.2. The molecular formula is C15H22N2O. The van der Waals surface area contributed by atoms with Crippen molar-refractivity contribution in [3.8, 4) is 0 Å². The van der Waals surface area contributed by atoms with Gasteiger partial charge in [-0.2, -0.15) is 0 Å². The zero-order valence-corrected chi connectivity index (χ0v) is 11.5. The van der Waals surface area contributed by atoms with Gasteiger partial charge in [-0.15, -0.1) is 0 Å². The molecule has 0 aliphatic carbocycles. The van der Waals surface area contributed by atoms with Crippen LogP contribution in [0.1, 0.15) is 38.3 Å². The lowest BCUT2D eigenvalue weighted by Gasteiger charge is -2.15. The lowest BCUT2D eigenvalue weighted by atomic mass is 9.85. The number of fused-ring (bicyclic) bond motifs is 1. The highest BCUT2D eigenvalue weighted by Crippen LogP contribution is 2.37. The fourth-order valence-electron chi connectivity index (χ4n) is 2.37. The van der Waals surface area contributed by atoms with E-state index in [-0.39, 0.29) is 5.91 Å². The monoisotopic (exact) mass is 246 g/mol. The number of nitrogens with one attached hydrogen (secondary N) is 2. The van der Waals surface area contributed by atoms with Crippen molar-refractivity contribution < 1.29 is 4.79 Å². The summed E-state index contributed by atoms with van der Waals surface area (Å²) in [6, 6.07) is 6.33. The van der Waals surface area contributed by atoms with Gasteiger partial charge in [0.05, 0.1) is 5.41 Å². The fourth-order valence-corrected chi connectivity index (χ4v) is 2.37. The molecule has 1 aliphatic rings. The molecule has 1 heterocycles. The molecule has 3 nitrogen and oxygen atoms in total. The Labute approximate surface area is 109 Å². The van der Waals surface area contributed by atoms with E-state index in [2.05, 4.69) is 29.7 Å². The quantitative estimate of drug-likeness (QED) is 0.784. The standard InChI is InChI=1S/C15H22N2O/c1-4-16-9-5-6-11-7-8-13-12(10-11)15(2,3)14(18)17-13/h7-8,10,16H,4-6,9H2,1-3H3,(H,17,18). The molecule has 0 aromatic heterocycles. The Morgan fingerprint density at radius 1 is 1.33 bits per heavy atom. The molecule has 2 rings (SSSR count). The van der Waals surface area contributed by atoms with E-state index >= 15 is 0 Å². The Hall–Kier alpha value is -1.35. The van der Waals surface area contributed by atoms with E-state index in [9.17, 15) is 4.79 Å². The predicted octanol–water partition coefficient (Wildman–Crippen LogP) is 2.46. The first-order valence-electron chi connectivity index (χ1n) is 6.71. The fraction of sp³-hybridized carbons (Fsp3) is 0.533. The summed E-state index contributed by atoms with van der Waals surface area (Å²) in [6.45, 7) is 8.16. The van der Waals surface area contributed by atoms with Crippen molar-refractivity contribution in [2.24, 2.45) is 0 Å². The van der Waals surface area contributed by atoms with Crippen LogP contribution in [0.5, 0.6) is 0 Å². The maximum Gasteiger partial charge on any atom is 0.234 e. The first-order valence-corrected chi connectivity index (χ1v) is 6.71. The Morgan fingerprint density at radius 3 is 2.83 bits per heavy atom. The third-order valence-electron chi connectivity index (χ3n) is 3.64. The first-order chi connectivity index (χ1) is 8.55. The molecule has 3 heteroatoms. The third-order valence-corrected chi connectivity index (χ3v) is 3.64. The van der Waals surface area contributed by atoms with Crippen LogP contribution in [0.3, 0.4) is 0 Å². The topological polar surface area (TPSA) is 41.1 Å². The molecule has 0 spiro atoms. The SMILES string of the molecule is CCNCCCc1ccc2c(c1)C(C)(C)C(=O)N2. The molecule has 0 fully saturated rings. The van der Waals surface area contributed by atoms with Gasteiger partial charge in [0.15, 0.2) is 0 Å². The van der Waals surface area contributed by atoms with Crippen LogP contribution in [-0.2, 0) is 16.6 Å². The van der Waals surface area contributed by atoms with Crippen LogP contribution < -0.4 is 10.6 Å². The molecule has 1 aliphatic heterocycles. The molecule has 0 saturated carbocycles. The normalized spacial score (nSPS) is 16.5. The Kier molecular flexibility index (Phi) is 3.71. The lowest BCUT2D eigenvalue weighted by molar-refractivity contribution is -0.119. The van der Waals surface area contributed by atoms with E-state index in [0.717, 1.165) is 37.2 Å². The number of carbonyl (C=O) groups excluding carboxylic acids is 1. The van der Waals surface area contributed by atoms with E-state index in [1.54, 1.807) is 0 Å². The van der Waals surface area contributed by atoms with E-state index in [1.807, 2.05) is 19.9 Å². The lowest BCUT2D eigenvalue weighted by Crippen LogP contribution is -2.26. The van der Waals surface area contributed by atoms with Gasteiger partial charge in [0, 0.05) is 5.69 Å². The summed E-state index contributed by atoms with van der Waals surface area (Å²) in [5, 5.41) is 6.27. The summed E-state index contributed by atoms with van der Waals surface area (Å²) in [4.78, 5) is 11.8. The molecule has 1 amide bonds.